The molecule has 0 bridgehead atoms. The van der Waals surface area contributed by atoms with Gasteiger partial charge < -0.3 is 9.80 Å². The van der Waals surface area contributed by atoms with Crippen molar-refractivity contribution < 1.29 is 4.79 Å². The van der Waals surface area contributed by atoms with Crippen molar-refractivity contribution in [2.45, 2.75) is 45.1 Å². The van der Waals surface area contributed by atoms with Gasteiger partial charge in [0.05, 0.1) is 0 Å². The molecule has 2 aliphatic heterocycles. The zero-order valence-electron chi connectivity index (χ0n) is 12.9. The van der Waals surface area contributed by atoms with Crippen LogP contribution in [0.2, 0.25) is 0 Å². The van der Waals surface area contributed by atoms with Crippen molar-refractivity contribution in [1.82, 2.24) is 14.8 Å². The number of rotatable bonds is 2. The Hall–Kier alpha value is -1.42. The molecule has 0 aromatic carbocycles. The van der Waals surface area contributed by atoms with Crippen LogP contribution in [0.1, 0.15) is 48.2 Å². The van der Waals surface area contributed by atoms with Crippen LogP contribution in [0.25, 0.3) is 0 Å². The van der Waals surface area contributed by atoms with E-state index >= 15 is 0 Å². The molecular weight excluding hydrogens is 262 g/mol. The van der Waals surface area contributed by atoms with E-state index in [9.17, 15) is 4.79 Å². The number of hydrogen-bond acceptors (Lipinski definition) is 3. The number of amides is 1. The van der Waals surface area contributed by atoms with Gasteiger partial charge in [-0.1, -0.05) is 12.5 Å². The van der Waals surface area contributed by atoms with Crippen LogP contribution in [0.5, 0.6) is 0 Å². The molecule has 3 rings (SSSR count). The molecule has 4 nitrogen and oxygen atoms in total. The van der Waals surface area contributed by atoms with Crippen molar-refractivity contribution in [2.24, 2.45) is 0 Å². The molecule has 0 unspecified atom stereocenters. The maximum absolute atomic E-state index is 12.4. The summed E-state index contributed by atoms with van der Waals surface area (Å²) in [5.74, 6) is 0.0899. The van der Waals surface area contributed by atoms with E-state index in [1.807, 2.05) is 24.0 Å². The molecule has 0 aliphatic carbocycles. The standard InChI is InChI=1S/C17H25N3O/c1-14-5-6-16(18-13-14)17(21)20-11-7-15(8-12-20)19-9-3-2-4-10-19/h5-6,13,15H,2-4,7-12H2,1H3. The maximum Gasteiger partial charge on any atom is 0.272 e. The Morgan fingerprint density at radius 2 is 1.81 bits per heavy atom. The first-order valence-corrected chi connectivity index (χ1v) is 8.20. The van der Waals surface area contributed by atoms with Gasteiger partial charge in [0.2, 0.25) is 0 Å². The highest BCUT2D eigenvalue weighted by Gasteiger charge is 2.28. The topological polar surface area (TPSA) is 36.4 Å². The van der Waals surface area contributed by atoms with Gasteiger partial charge in [-0.05, 0) is 57.3 Å². The van der Waals surface area contributed by atoms with E-state index in [-0.39, 0.29) is 5.91 Å². The highest BCUT2D eigenvalue weighted by molar-refractivity contribution is 5.92. The number of pyridine rings is 1. The molecular formula is C17H25N3O. The molecule has 1 aromatic heterocycles. The molecule has 4 heteroatoms. The fraction of sp³-hybridized carbons (Fsp3) is 0.647. The average molecular weight is 287 g/mol. The van der Waals surface area contributed by atoms with Crippen LogP contribution in [0.3, 0.4) is 0 Å². The van der Waals surface area contributed by atoms with Gasteiger partial charge >= 0.3 is 0 Å². The third-order valence-corrected chi connectivity index (χ3v) is 4.79. The van der Waals surface area contributed by atoms with Gasteiger partial charge in [-0.25, -0.2) is 0 Å². The highest BCUT2D eigenvalue weighted by atomic mass is 16.2. The number of carbonyl (C=O) groups is 1. The van der Waals surface area contributed by atoms with Crippen molar-refractivity contribution in [2.75, 3.05) is 26.2 Å². The molecule has 1 amide bonds. The molecule has 2 fully saturated rings. The number of nitrogens with zero attached hydrogens (tertiary/aromatic N) is 3. The first-order valence-electron chi connectivity index (χ1n) is 8.20. The van der Waals surface area contributed by atoms with E-state index in [0.29, 0.717) is 11.7 Å². The van der Waals surface area contributed by atoms with Crippen molar-refractivity contribution in [3.05, 3.63) is 29.6 Å². The van der Waals surface area contributed by atoms with Crippen LogP contribution in [0, 0.1) is 6.92 Å². The van der Waals surface area contributed by atoms with Gasteiger partial charge in [0.1, 0.15) is 5.69 Å². The number of aromatic nitrogens is 1. The Kier molecular flexibility index (Phi) is 4.54. The summed E-state index contributed by atoms with van der Waals surface area (Å²) in [5.41, 5.74) is 1.67. The second kappa shape index (κ2) is 6.56. The van der Waals surface area contributed by atoms with Gasteiger partial charge in [-0.15, -0.1) is 0 Å². The minimum Gasteiger partial charge on any atom is -0.337 e. The lowest BCUT2D eigenvalue weighted by Crippen LogP contribution is -2.48. The van der Waals surface area contributed by atoms with Crippen LogP contribution in [-0.4, -0.2) is 52.9 Å². The van der Waals surface area contributed by atoms with Crippen molar-refractivity contribution in [3.63, 3.8) is 0 Å². The first kappa shape index (κ1) is 14.5. The molecule has 3 heterocycles. The number of likely N-dealkylation sites (tertiary alicyclic amines) is 2. The summed E-state index contributed by atoms with van der Waals surface area (Å²) in [6.45, 7) is 6.23. The summed E-state index contributed by atoms with van der Waals surface area (Å²) in [5, 5.41) is 0. The van der Waals surface area contributed by atoms with Crippen LogP contribution in [0.15, 0.2) is 18.3 Å². The average Bonchev–Trinajstić information content (AvgIpc) is 2.56. The fourth-order valence-corrected chi connectivity index (χ4v) is 3.47. The van der Waals surface area contributed by atoms with Gasteiger partial charge in [0.15, 0.2) is 0 Å². The lowest BCUT2D eigenvalue weighted by molar-refractivity contribution is 0.0585. The predicted molar refractivity (Wildman–Crippen MR) is 83.3 cm³/mol. The van der Waals surface area contributed by atoms with Crippen LogP contribution < -0.4 is 0 Å². The van der Waals surface area contributed by atoms with E-state index in [1.54, 1.807) is 6.20 Å². The monoisotopic (exact) mass is 287 g/mol. The molecule has 0 N–H and O–H groups in total. The molecule has 0 saturated carbocycles. The Bertz CT molecular complexity index is 471. The zero-order chi connectivity index (χ0) is 14.7. The van der Waals surface area contributed by atoms with Crippen molar-refractivity contribution in [1.29, 1.82) is 0 Å². The molecule has 1 aromatic rings. The van der Waals surface area contributed by atoms with Crippen LogP contribution in [0.4, 0.5) is 0 Å². The van der Waals surface area contributed by atoms with E-state index in [0.717, 1.165) is 31.5 Å². The summed E-state index contributed by atoms with van der Waals surface area (Å²) < 4.78 is 0. The molecule has 0 atom stereocenters. The van der Waals surface area contributed by atoms with E-state index in [1.165, 1.54) is 32.4 Å². The molecule has 114 valence electrons. The Balaban J connectivity index is 1.55. The van der Waals surface area contributed by atoms with Crippen molar-refractivity contribution >= 4 is 5.91 Å². The number of hydrogen-bond donors (Lipinski definition) is 0. The lowest BCUT2D eigenvalue weighted by Gasteiger charge is -2.40. The second-order valence-corrected chi connectivity index (χ2v) is 6.34. The number of carbonyl (C=O) groups excluding carboxylic acids is 1. The van der Waals surface area contributed by atoms with Crippen LogP contribution in [-0.2, 0) is 0 Å². The predicted octanol–water partition coefficient (Wildman–Crippen LogP) is 2.48. The van der Waals surface area contributed by atoms with E-state index < -0.39 is 0 Å². The number of aryl methyl sites for hydroxylation is 1. The second-order valence-electron chi connectivity index (χ2n) is 6.34. The highest BCUT2D eigenvalue weighted by Crippen LogP contribution is 2.21. The summed E-state index contributed by atoms with van der Waals surface area (Å²) in [6, 6.07) is 4.48. The SMILES string of the molecule is Cc1ccc(C(=O)N2CCC(N3CCCCC3)CC2)nc1. The fourth-order valence-electron chi connectivity index (χ4n) is 3.47. The molecule has 0 spiro atoms. The Morgan fingerprint density at radius 3 is 2.43 bits per heavy atom. The smallest absolute Gasteiger partial charge is 0.272 e. The molecule has 2 aliphatic rings. The normalized spacial score (nSPS) is 21.5. The summed E-state index contributed by atoms with van der Waals surface area (Å²) in [7, 11) is 0. The minimum atomic E-state index is 0.0899. The van der Waals surface area contributed by atoms with Gasteiger partial charge in [-0.2, -0.15) is 0 Å². The lowest BCUT2D eigenvalue weighted by atomic mass is 9.99. The third kappa shape index (κ3) is 3.43. The van der Waals surface area contributed by atoms with Gasteiger partial charge in [0, 0.05) is 25.3 Å². The summed E-state index contributed by atoms with van der Waals surface area (Å²) >= 11 is 0. The van der Waals surface area contributed by atoms with Gasteiger partial charge in [0.25, 0.3) is 5.91 Å². The first-order chi connectivity index (χ1) is 10.2. The maximum atomic E-state index is 12.4. The van der Waals surface area contributed by atoms with E-state index in [2.05, 4.69) is 9.88 Å². The molecule has 21 heavy (non-hydrogen) atoms. The third-order valence-electron chi connectivity index (χ3n) is 4.79. The summed E-state index contributed by atoms with van der Waals surface area (Å²) in [6.07, 6.45) is 8.05. The minimum absolute atomic E-state index is 0.0899. The largest absolute Gasteiger partial charge is 0.337 e. The van der Waals surface area contributed by atoms with Crippen LogP contribution >= 0.6 is 0 Å². The quantitative estimate of drug-likeness (QED) is 0.838. The summed E-state index contributed by atoms with van der Waals surface area (Å²) in [4.78, 5) is 21.3. The Morgan fingerprint density at radius 1 is 1.10 bits per heavy atom. The Labute approximate surface area is 127 Å². The zero-order valence-corrected chi connectivity index (χ0v) is 12.9. The van der Waals surface area contributed by atoms with E-state index in [4.69, 9.17) is 0 Å². The molecule has 2 saturated heterocycles. The van der Waals surface area contributed by atoms with Gasteiger partial charge in [-0.3, -0.25) is 9.78 Å². The molecule has 0 radical (unpaired) electrons. The van der Waals surface area contributed by atoms with Crippen molar-refractivity contribution in [3.8, 4) is 0 Å². The number of piperidine rings is 2.